The predicted octanol–water partition coefficient (Wildman–Crippen LogP) is 3.25. The maximum absolute atomic E-state index is 12.1. The van der Waals surface area contributed by atoms with Gasteiger partial charge in [-0.05, 0) is 37.0 Å². The van der Waals surface area contributed by atoms with Gasteiger partial charge < -0.3 is 19.9 Å². The van der Waals surface area contributed by atoms with Crippen LogP contribution in [-0.2, 0) is 20.7 Å². The fourth-order valence-electron chi connectivity index (χ4n) is 3.39. The van der Waals surface area contributed by atoms with Gasteiger partial charge in [0.25, 0.3) is 0 Å². The first kappa shape index (κ1) is 22.2. The highest BCUT2D eigenvalue weighted by molar-refractivity contribution is 5.85. The Morgan fingerprint density at radius 1 is 1.04 bits per heavy atom. The molecule has 1 aliphatic heterocycles. The van der Waals surface area contributed by atoms with Crippen molar-refractivity contribution >= 4 is 18.4 Å². The number of benzene rings is 2. The Hall–Kier alpha value is -2.08. The molecule has 0 unspecified atom stereocenters. The van der Waals surface area contributed by atoms with E-state index in [1.165, 1.54) is 5.56 Å². The number of para-hydroxylation sites is 1. The molecule has 2 aromatic rings. The number of ether oxygens (including phenoxy) is 3. The molecule has 4 atom stereocenters. The number of carbonyl (C=O) groups is 1. The summed E-state index contributed by atoms with van der Waals surface area (Å²) in [7, 11) is 0. The van der Waals surface area contributed by atoms with Crippen LogP contribution < -0.4 is 10.5 Å². The number of hydrogen-bond acceptors (Lipinski definition) is 5. The van der Waals surface area contributed by atoms with Crippen LogP contribution in [0.4, 0.5) is 0 Å². The molecule has 0 saturated carbocycles. The Balaban J connectivity index is 0.00000280. The molecule has 1 aliphatic rings. The normalized spacial score (nSPS) is 25.4. The smallest absolute Gasteiger partial charge is 0.325 e. The summed E-state index contributed by atoms with van der Waals surface area (Å²) in [4.78, 5) is 12.1. The fourth-order valence-corrected chi connectivity index (χ4v) is 3.39. The zero-order chi connectivity index (χ0) is 19.1. The van der Waals surface area contributed by atoms with E-state index >= 15 is 0 Å². The Morgan fingerprint density at radius 3 is 2.36 bits per heavy atom. The number of hydrogen-bond donors (Lipinski definition) is 1. The third-order valence-electron chi connectivity index (χ3n) is 4.97. The van der Waals surface area contributed by atoms with Gasteiger partial charge in [-0.15, -0.1) is 12.4 Å². The van der Waals surface area contributed by atoms with Crippen LogP contribution in [-0.4, -0.2) is 37.9 Å². The zero-order valence-corrected chi connectivity index (χ0v) is 16.8. The van der Waals surface area contributed by atoms with Crippen LogP contribution in [0.25, 0.3) is 0 Å². The molecule has 1 saturated heterocycles. The number of rotatable bonds is 5. The third-order valence-corrected chi connectivity index (χ3v) is 4.97. The fraction of sp³-hybridized carbons (Fsp3) is 0.409. The third kappa shape index (κ3) is 6.23. The Kier molecular flexibility index (Phi) is 8.77. The molecule has 0 bridgehead atoms. The summed E-state index contributed by atoms with van der Waals surface area (Å²) < 4.78 is 17.4. The van der Waals surface area contributed by atoms with E-state index in [0.717, 1.165) is 12.2 Å². The van der Waals surface area contributed by atoms with E-state index in [0.29, 0.717) is 13.2 Å². The molecule has 0 aromatic heterocycles. The molecule has 1 fully saturated rings. The summed E-state index contributed by atoms with van der Waals surface area (Å²) in [6, 6.07) is 19.2. The van der Waals surface area contributed by atoms with Crippen molar-refractivity contribution in [3.8, 4) is 5.75 Å². The standard InChI is InChI=1S/C22H27NO4.ClH/c1-16-20(14-26-19-10-6-3-7-11-19)18(12-17-8-4-2-5-9-17)13-25-15-21(23)22(24)27-16;/h2-11,16,18,20-21H,12-15,23H2,1H3;1H/t16-,18-,20-,21-;/m0./s1. The van der Waals surface area contributed by atoms with E-state index in [4.69, 9.17) is 19.9 Å². The molecule has 0 spiro atoms. The molecule has 28 heavy (non-hydrogen) atoms. The Morgan fingerprint density at radius 2 is 1.68 bits per heavy atom. The van der Waals surface area contributed by atoms with Crippen LogP contribution in [0, 0.1) is 11.8 Å². The van der Waals surface area contributed by atoms with Gasteiger partial charge in [-0.2, -0.15) is 0 Å². The van der Waals surface area contributed by atoms with Gasteiger partial charge in [0, 0.05) is 5.92 Å². The van der Waals surface area contributed by atoms with Crippen LogP contribution >= 0.6 is 12.4 Å². The first-order valence-electron chi connectivity index (χ1n) is 9.39. The van der Waals surface area contributed by atoms with Crippen molar-refractivity contribution in [2.45, 2.75) is 25.5 Å². The summed E-state index contributed by atoms with van der Waals surface area (Å²) in [5.74, 6) is 0.503. The molecular weight excluding hydrogens is 378 g/mol. The van der Waals surface area contributed by atoms with Crippen LogP contribution in [0.5, 0.6) is 5.75 Å². The highest BCUT2D eigenvalue weighted by atomic mass is 35.5. The molecule has 3 rings (SSSR count). The lowest BCUT2D eigenvalue weighted by molar-refractivity contribution is -0.153. The van der Waals surface area contributed by atoms with Crippen LogP contribution in [0.1, 0.15) is 12.5 Å². The van der Waals surface area contributed by atoms with E-state index < -0.39 is 12.0 Å². The lowest BCUT2D eigenvalue weighted by Crippen LogP contribution is -2.40. The SMILES string of the molecule is C[C@@H]1OC(=O)[C@@H](N)COC[C@H](Cc2ccccc2)[C@H]1COc1ccccc1.Cl. The summed E-state index contributed by atoms with van der Waals surface area (Å²) in [5.41, 5.74) is 7.08. The van der Waals surface area contributed by atoms with E-state index in [1.807, 2.05) is 55.5 Å². The Bertz CT molecular complexity index is 713. The second-order valence-electron chi connectivity index (χ2n) is 7.02. The zero-order valence-electron chi connectivity index (χ0n) is 16.0. The van der Waals surface area contributed by atoms with E-state index in [1.54, 1.807) is 0 Å². The molecule has 0 amide bonds. The lowest BCUT2D eigenvalue weighted by Gasteiger charge is -2.30. The van der Waals surface area contributed by atoms with E-state index in [2.05, 4.69) is 12.1 Å². The second-order valence-corrected chi connectivity index (χ2v) is 7.02. The topological polar surface area (TPSA) is 70.8 Å². The summed E-state index contributed by atoms with van der Waals surface area (Å²) in [5, 5.41) is 0. The van der Waals surface area contributed by atoms with E-state index in [9.17, 15) is 4.79 Å². The first-order chi connectivity index (χ1) is 13.1. The van der Waals surface area contributed by atoms with Gasteiger partial charge in [0.15, 0.2) is 0 Å². The maximum atomic E-state index is 12.1. The molecule has 2 N–H and O–H groups in total. The number of nitrogens with two attached hydrogens (primary N) is 1. The number of cyclic esters (lactones) is 1. The molecular formula is C22H28ClNO4. The van der Waals surface area contributed by atoms with Gasteiger partial charge >= 0.3 is 5.97 Å². The van der Waals surface area contributed by atoms with Gasteiger partial charge in [0.2, 0.25) is 0 Å². The number of carbonyl (C=O) groups excluding carboxylic acids is 1. The van der Waals surface area contributed by atoms with Crippen molar-refractivity contribution in [3.63, 3.8) is 0 Å². The largest absolute Gasteiger partial charge is 0.493 e. The van der Waals surface area contributed by atoms with Crippen molar-refractivity contribution in [2.75, 3.05) is 19.8 Å². The van der Waals surface area contributed by atoms with Gasteiger partial charge in [-0.25, -0.2) is 0 Å². The average Bonchev–Trinajstić information content (AvgIpc) is 2.73. The highest BCUT2D eigenvalue weighted by Gasteiger charge is 2.33. The predicted molar refractivity (Wildman–Crippen MR) is 111 cm³/mol. The molecule has 5 nitrogen and oxygen atoms in total. The van der Waals surface area contributed by atoms with E-state index in [-0.39, 0.29) is 37.0 Å². The minimum absolute atomic E-state index is 0. The minimum Gasteiger partial charge on any atom is -0.493 e. The van der Waals surface area contributed by atoms with Gasteiger partial charge in [-0.3, -0.25) is 4.79 Å². The molecule has 6 heteroatoms. The van der Waals surface area contributed by atoms with Crippen LogP contribution in [0.2, 0.25) is 0 Å². The Labute approximate surface area is 172 Å². The molecule has 0 radical (unpaired) electrons. The lowest BCUT2D eigenvalue weighted by atomic mass is 9.84. The van der Waals surface area contributed by atoms with Gasteiger partial charge in [-0.1, -0.05) is 48.5 Å². The van der Waals surface area contributed by atoms with Crippen LogP contribution in [0.3, 0.4) is 0 Å². The monoisotopic (exact) mass is 405 g/mol. The van der Waals surface area contributed by atoms with Crippen molar-refractivity contribution in [1.29, 1.82) is 0 Å². The number of halogens is 1. The molecule has 2 aromatic carbocycles. The minimum atomic E-state index is -0.751. The average molecular weight is 406 g/mol. The quantitative estimate of drug-likeness (QED) is 0.773. The van der Waals surface area contributed by atoms with Crippen molar-refractivity contribution in [3.05, 3.63) is 66.2 Å². The van der Waals surface area contributed by atoms with Crippen molar-refractivity contribution < 1.29 is 19.0 Å². The summed E-state index contributed by atoms with van der Waals surface area (Å²) in [6.07, 6.45) is 0.503. The van der Waals surface area contributed by atoms with Gasteiger partial charge in [0.1, 0.15) is 17.9 Å². The maximum Gasteiger partial charge on any atom is 0.325 e. The summed E-state index contributed by atoms with van der Waals surface area (Å²) in [6.45, 7) is 3.02. The van der Waals surface area contributed by atoms with Gasteiger partial charge in [0.05, 0.1) is 19.8 Å². The molecule has 152 valence electrons. The molecule has 1 heterocycles. The molecule has 0 aliphatic carbocycles. The van der Waals surface area contributed by atoms with Crippen LogP contribution in [0.15, 0.2) is 60.7 Å². The van der Waals surface area contributed by atoms with Crippen molar-refractivity contribution in [2.24, 2.45) is 17.6 Å². The number of esters is 1. The second kappa shape index (κ2) is 11.1. The van der Waals surface area contributed by atoms with Crippen molar-refractivity contribution in [1.82, 2.24) is 0 Å². The first-order valence-corrected chi connectivity index (χ1v) is 9.39. The summed E-state index contributed by atoms with van der Waals surface area (Å²) >= 11 is 0. The highest BCUT2D eigenvalue weighted by Crippen LogP contribution is 2.26.